The number of aromatic amines is 1. The molecule has 0 fully saturated rings. The van der Waals surface area contributed by atoms with Crippen molar-refractivity contribution in [2.24, 2.45) is 0 Å². The van der Waals surface area contributed by atoms with Crippen molar-refractivity contribution in [1.82, 2.24) is 14.5 Å². The van der Waals surface area contributed by atoms with E-state index in [4.69, 9.17) is 14.5 Å². The van der Waals surface area contributed by atoms with Crippen LogP contribution in [0.5, 0.6) is 11.5 Å². The molecular formula is C29H26N4O4S. The third kappa shape index (κ3) is 5.42. The second-order valence-electron chi connectivity index (χ2n) is 8.49. The molecule has 5 rings (SSSR count). The van der Waals surface area contributed by atoms with Crippen LogP contribution in [0.25, 0.3) is 22.2 Å². The van der Waals surface area contributed by atoms with Crippen molar-refractivity contribution in [2.45, 2.75) is 11.7 Å². The normalized spacial score (nSPS) is 10.9. The summed E-state index contributed by atoms with van der Waals surface area (Å²) in [4.78, 5) is 34.5. The zero-order chi connectivity index (χ0) is 26.5. The first-order valence-corrected chi connectivity index (χ1v) is 12.9. The highest BCUT2D eigenvalue weighted by molar-refractivity contribution is 7.99. The lowest BCUT2D eigenvalue weighted by molar-refractivity contribution is -0.113. The van der Waals surface area contributed by atoms with E-state index < -0.39 is 0 Å². The molecule has 0 spiro atoms. The Morgan fingerprint density at radius 1 is 0.974 bits per heavy atom. The van der Waals surface area contributed by atoms with Crippen LogP contribution in [-0.4, -0.2) is 40.4 Å². The van der Waals surface area contributed by atoms with Crippen LogP contribution in [0.3, 0.4) is 0 Å². The van der Waals surface area contributed by atoms with Crippen LogP contribution in [0.2, 0.25) is 0 Å². The number of hydrogen-bond acceptors (Lipinski definition) is 6. The Morgan fingerprint density at radius 3 is 2.47 bits per heavy atom. The van der Waals surface area contributed by atoms with Crippen LogP contribution >= 0.6 is 11.8 Å². The van der Waals surface area contributed by atoms with E-state index in [1.54, 1.807) is 49.2 Å². The number of carbonyl (C=O) groups excluding carboxylic acids is 1. The summed E-state index contributed by atoms with van der Waals surface area (Å²) >= 11 is 1.22. The van der Waals surface area contributed by atoms with Crippen LogP contribution < -0.4 is 20.3 Å². The number of hydrogen-bond donors (Lipinski definition) is 2. The topological polar surface area (TPSA) is 98.2 Å². The summed E-state index contributed by atoms with van der Waals surface area (Å²) in [5, 5.41) is 3.33. The molecule has 38 heavy (non-hydrogen) atoms. The zero-order valence-electron chi connectivity index (χ0n) is 20.9. The average Bonchev–Trinajstić information content (AvgIpc) is 3.39. The summed E-state index contributed by atoms with van der Waals surface area (Å²) in [6, 6.07) is 24.4. The predicted molar refractivity (Wildman–Crippen MR) is 150 cm³/mol. The largest absolute Gasteiger partial charge is 0.497 e. The number of H-pyrrole nitrogens is 1. The lowest BCUT2D eigenvalue weighted by Crippen LogP contribution is -2.25. The first-order valence-electron chi connectivity index (χ1n) is 11.9. The van der Waals surface area contributed by atoms with Gasteiger partial charge in [0, 0.05) is 17.4 Å². The molecule has 3 aromatic carbocycles. The predicted octanol–water partition coefficient (Wildman–Crippen LogP) is 5.19. The minimum atomic E-state index is -0.210. The van der Waals surface area contributed by atoms with Crippen molar-refractivity contribution in [2.75, 3.05) is 25.3 Å². The fourth-order valence-corrected chi connectivity index (χ4v) is 4.91. The Kier molecular flexibility index (Phi) is 7.46. The van der Waals surface area contributed by atoms with Gasteiger partial charge in [-0.2, -0.15) is 0 Å². The third-order valence-corrected chi connectivity index (χ3v) is 6.99. The Hall–Kier alpha value is -4.50. The number of benzene rings is 3. The number of amides is 1. The Morgan fingerprint density at radius 2 is 1.74 bits per heavy atom. The number of nitrogens with one attached hydrogen (secondary N) is 2. The van der Waals surface area contributed by atoms with Gasteiger partial charge in [0.15, 0.2) is 5.16 Å². The fourth-order valence-electron chi connectivity index (χ4n) is 4.12. The molecule has 2 N–H and O–H groups in total. The molecule has 192 valence electrons. The highest BCUT2D eigenvalue weighted by Gasteiger charge is 2.18. The molecule has 0 aliphatic carbocycles. The number of anilines is 1. The van der Waals surface area contributed by atoms with Gasteiger partial charge in [-0.05, 0) is 47.5 Å². The van der Waals surface area contributed by atoms with Gasteiger partial charge in [0.1, 0.15) is 22.5 Å². The van der Waals surface area contributed by atoms with E-state index in [1.165, 1.54) is 11.8 Å². The Labute approximate surface area is 223 Å². The molecule has 0 saturated heterocycles. The van der Waals surface area contributed by atoms with Gasteiger partial charge >= 0.3 is 0 Å². The Bertz CT molecular complexity index is 1630. The highest BCUT2D eigenvalue weighted by atomic mass is 32.2. The molecule has 2 aromatic heterocycles. The minimum Gasteiger partial charge on any atom is -0.497 e. The number of fused-ring (bicyclic) bond motifs is 1. The smallest absolute Gasteiger partial charge is 0.278 e. The molecule has 0 saturated carbocycles. The second kappa shape index (κ2) is 11.3. The van der Waals surface area contributed by atoms with Crippen LogP contribution in [0, 0.1) is 0 Å². The second-order valence-corrected chi connectivity index (χ2v) is 9.44. The molecule has 0 radical (unpaired) electrons. The molecular weight excluding hydrogens is 500 g/mol. The monoisotopic (exact) mass is 526 g/mol. The maximum absolute atomic E-state index is 13.7. The van der Waals surface area contributed by atoms with E-state index in [2.05, 4.69) is 10.3 Å². The van der Waals surface area contributed by atoms with E-state index in [0.29, 0.717) is 33.4 Å². The van der Waals surface area contributed by atoms with Gasteiger partial charge in [0.25, 0.3) is 5.56 Å². The Balaban J connectivity index is 1.49. The van der Waals surface area contributed by atoms with Gasteiger partial charge in [-0.15, -0.1) is 0 Å². The van der Waals surface area contributed by atoms with Crippen LogP contribution in [0.4, 0.5) is 5.69 Å². The maximum atomic E-state index is 13.7. The number of methoxy groups -OCH3 is 2. The van der Waals surface area contributed by atoms with Gasteiger partial charge in [0.05, 0.1) is 26.5 Å². The summed E-state index contributed by atoms with van der Waals surface area (Å²) in [5.41, 5.74) is 4.09. The molecule has 5 aromatic rings. The fraction of sp³-hybridized carbons (Fsp3) is 0.138. The molecule has 8 nitrogen and oxygen atoms in total. The summed E-state index contributed by atoms with van der Waals surface area (Å²) in [6.45, 7) is 0.279. The summed E-state index contributed by atoms with van der Waals surface area (Å²) in [6.07, 6.45) is 1.80. The highest BCUT2D eigenvalue weighted by Crippen LogP contribution is 2.28. The first kappa shape index (κ1) is 25.2. The molecule has 0 atom stereocenters. The molecule has 0 unspecified atom stereocenters. The van der Waals surface area contributed by atoms with Gasteiger partial charge in [-0.3, -0.25) is 14.2 Å². The van der Waals surface area contributed by atoms with Crippen molar-refractivity contribution in [3.8, 4) is 22.6 Å². The molecule has 2 heterocycles. The number of aromatic nitrogens is 3. The molecule has 0 aliphatic heterocycles. The maximum Gasteiger partial charge on any atom is 0.278 e. The van der Waals surface area contributed by atoms with E-state index in [1.807, 2.05) is 54.6 Å². The van der Waals surface area contributed by atoms with Crippen molar-refractivity contribution in [1.29, 1.82) is 0 Å². The quantitative estimate of drug-likeness (QED) is 0.203. The van der Waals surface area contributed by atoms with Gasteiger partial charge in [0.2, 0.25) is 5.91 Å². The summed E-state index contributed by atoms with van der Waals surface area (Å²) in [7, 11) is 3.19. The standard InChI is InChI=1S/C29H26N4O4S/c1-36-22-13-11-21(12-14-22)31-25(34)18-38-29-32-26-24(20-8-4-3-5-9-20)16-30-27(26)28(35)33(29)17-19-7-6-10-23(15-19)37-2/h3-16,30H,17-18H2,1-2H3,(H,31,34). The number of rotatable bonds is 9. The summed E-state index contributed by atoms with van der Waals surface area (Å²) < 4.78 is 12.1. The SMILES string of the molecule is COc1ccc(NC(=O)CSc2nc3c(-c4ccccc4)c[nH]c3c(=O)n2Cc2cccc(OC)c2)cc1. The van der Waals surface area contributed by atoms with Gasteiger partial charge < -0.3 is 19.8 Å². The van der Waals surface area contributed by atoms with E-state index >= 15 is 0 Å². The molecule has 0 bridgehead atoms. The minimum absolute atomic E-state index is 0.0766. The summed E-state index contributed by atoms with van der Waals surface area (Å²) in [5.74, 6) is 1.27. The average molecular weight is 527 g/mol. The molecule has 9 heteroatoms. The van der Waals surface area contributed by atoms with Crippen molar-refractivity contribution in [3.05, 3.63) is 101 Å². The van der Waals surface area contributed by atoms with Gasteiger partial charge in [-0.25, -0.2) is 4.98 Å². The van der Waals surface area contributed by atoms with Crippen LogP contribution in [0.1, 0.15) is 5.56 Å². The van der Waals surface area contributed by atoms with E-state index in [-0.39, 0.29) is 23.8 Å². The lowest BCUT2D eigenvalue weighted by Gasteiger charge is -2.13. The van der Waals surface area contributed by atoms with E-state index in [0.717, 1.165) is 16.7 Å². The van der Waals surface area contributed by atoms with Crippen LogP contribution in [-0.2, 0) is 11.3 Å². The number of nitrogens with zero attached hydrogens (tertiary/aromatic N) is 2. The van der Waals surface area contributed by atoms with Crippen LogP contribution in [0.15, 0.2) is 95.0 Å². The molecule has 0 aliphatic rings. The van der Waals surface area contributed by atoms with Crippen molar-refractivity contribution < 1.29 is 14.3 Å². The third-order valence-electron chi connectivity index (χ3n) is 6.02. The van der Waals surface area contributed by atoms with Crippen molar-refractivity contribution >= 4 is 34.4 Å². The number of thioether (sulfide) groups is 1. The number of carbonyl (C=O) groups is 1. The van der Waals surface area contributed by atoms with E-state index in [9.17, 15) is 9.59 Å². The first-order chi connectivity index (χ1) is 18.6. The number of ether oxygens (including phenoxy) is 2. The van der Waals surface area contributed by atoms with Crippen molar-refractivity contribution in [3.63, 3.8) is 0 Å². The van der Waals surface area contributed by atoms with Gasteiger partial charge in [-0.1, -0.05) is 54.2 Å². The lowest BCUT2D eigenvalue weighted by atomic mass is 10.1. The zero-order valence-corrected chi connectivity index (χ0v) is 21.7. The molecule has 1 amide bonds.